The number of ether oxygens (including phenoxy) is 3. The average Bonchev–Trinajstić information content (AvgIpc) is 2.79. The second-order valence-corrected chi connectivity index (χ2v) is 28.5. The molecule has 0 aromatic rings. The van der Waals surface area contributed by atoms with Crippen LogP contribution in [-0.2, 0) is 36.1 Å². The molecule has 0 fully saturated rings. The highest BCUT2D eigenvalue weighted by atomic mass is 28.5. The fourth-order valence-electron chi connectivity index (χ4n) is 4.54. The van der Waals surface area contributed by atoms with Gasteiger partial charge in [-0.15, -0.1) is 0 Å². The molecule has 0 spiro atoms. The summed E-state index contributed by atoms with van der Waals surface area (Å²) in [5.74, 6) is -0.665. The topological polar surface area (TPSA) is 89.5 Å². The summed E-state index contributed by atoms with van der Waals surface area (Å²) in [4.78, 5) is 23.2. The molecule has 0 rings (SSSR count). The molecule has 0 amide bonds. The van der Waals surface area contributed by atoms with Crippen molar-refractivity contribution >= 4 is 45.7 Å². The van der Waals surface area contributed by atoms with Crippen LogP contribution in [0.5, 0.6) is 0 Å². The SMILES string of the molecule is C=C(C)C(=O)OCCCC[Si](C)(C)O[Si](C)(C)O[Si](C)(CCCOCC)O[Si](C)(C)CCCCOC(=O)C(=C)C. The Balaban J connectivity index is 5.10. The minimum absolute atomic E-state index is 0.332. The molecule has 40 heavy (non-hydrogen) atoms. The van der Waals surface area contributed by atoms with Gasteiger partial charge in [0.05, 0.1) is 13.2 Å². The number of hydrogen-bond donors (Lipinski definition) is 0. The quantitative estimate of drug-likeness (QED) is 0.0496. The first-order valence-corrected chi connectivity index (χ1v) is 26.2. The lowest BCUT2D eigenvalue weighted by molar-refractivity contribution is -0.139. The highest BCUT2D eigenvalue weighted by molar-refractivity contribution is 6.89. The first kappa shape index (κ1) is 39.1. The van der Waals surface area contributed by atoms with E-state index >= 15 is 0 Å². The fraction of sp³-hybridized carbons (Fsp3) is 0.786. The van der Waals surface area contributed by atoms with Gasteiger partial charge >= 0.3 is 29.1 Å². The van der Waals surface area contributed by atoms with Gasteiger partial charge in [0.1, 0.15) is 0 Å². The Bertz CT molecular complexity index is 816. The van der Waals surface area contributed by atoms with Crippen LogP contribution in [0.3, 0.4) is 0 Å². The second-order valence-electron chi connectivity index (χ2n) is 12.4. The maximum absolute atomic E-state index is 11.6. The van der Waals surface area contributed by atoms with Crippen molar-refractivity contribution in [3.63, 3.8) is 0 Å². The lowest BCUT2D eigenvalue weighted by Crippen LogP contribution is -2.57. The molecule has 0 aliphatic rings. The zero-order chi connectivity index (χ0) is 31.0. The van der Waals surface area contributed by atoms with Gasteiger partial charge in [-0.25, -0.2) is 9.59 Å². The van der Waals surface area contributed by atoms with Crippen molar-refractivity contribution in [1.82, 2.24) is 0 Å². The molecular formula is C28H58O8Si4. The molecule has 0 radical (unpaired) electrons. The van der Waals surface area contributed by atoms with E-state index < -0.39 is 33.8 Å². The molecule has 234 valence electrons. The predicted molar refractivity (Wildman–Crippen MR) is 173 cm³/mol. The van der Waals surface area contributed by atoms with E-state index in [-0.39, 0.29) is 11.9 Å². The van der Waals surface area contributed by atoms with Crippen LogP contribution in [0.1, 0.15) is 52.9 Å². The molecular weight excluding hydrogens is 577 g/mol. The Hall–Kier alpha value is -0.872. The van der Waals surface area contributed by atoms with E-state index in [0.29, 0.717) is 37.6 Å². The van der Waals surface area contributed by atoms with E-state index in [1.54, 1.807) is 13.8 Å². The summed E-state index contributed by atoms with van der Waals surface area (Å²) in [5.41, 5.74) is 0.849. The summed E-state index contributed by atoms with van der Waals surface area (Å²) in [6.45, 7) is 30.2. The van der Waals surface area contributed by atoms with E-state index in [1.807, 2.05) is 6.92 Å². The van der Waals surface area contributed by atoms with E-state index in [1.165, 1.54) is 0 Å². The van der Waals surface area contributed by atoms with Gasteiger partial charge in [-0.1, -0.05) is 26.0 Å². The third-order valence-corrected chi connectivity index (χ3v) is 22.3. The smallest absolute Gasteiger partial charge is 0.333 e. The Morgan fingerprint density at radius 3 is 1.48 bits per heavy atom. The first-order chi connectivity index (χ1) is 18.3. The van der Waals surface area contributed by atoms with Crippen molar-refractivity contribution in [1.29, 1.82) is 0 Å². The monoisotopic (exact) mass is 634 g/mol. The van der Waals surface area contributed by atoms with Crippen LogP contribution in [0.15, 0.2) is 24.3 Å². The van der Waals surface area contributed by atoms with Crippen LogP contribution in [-0.4, -0.2) is 72.1 Å². The maximum Gasteiger partial charge on any atom is 0.333 e. The van der Waals surface area contributed by atoms with Crippen LogP contribution in [0.4, 0.5) is 0 Å². The highest BCUT2D eigenvalue weighted by Gasteiger charge is 2.45. The van der Waals surface area contributed by atoms with Crippen LogP contribution in [0.25, 0.3) is 0 Å². The molecule has 1 unspecified atom stereocenters. The largest absolute Gasteiger partial charge is 0.462 e. The van der Waals surface area contributed by atoms with Crippen LogP contribution in [0.2, 0.25) is 64.0 Å². The third-order valence-electron chi connectivity index (χ3n) is 6.11. The molecule has 0 saturated heterocycles. The summed E-state index contributed by atoms with van der Waals surface area (Å²) >= 11 is 0. The minimum Gasteiger partial charge on any atom is -0.462 e. The summed E-state index contributed by atoms with van der Waals surface area (Å²) in [7, 11) is -9.10. The van der Waals surface area contributed by atoms with Gasteiger partial charge in [0.2, 0.25) is 0 Å². The Labute approximate surface area is 248 Å². The van der Waals surface area contributed by atoms with E-state index in [9.17, 15) is 9.59 Å². The molecule has 0 heterocycles. The number of hydrogen-bond acceptors (Lipinski definition) is 8. The lowest BCUT2D eigenvalue weighted by Gasteiger charge is -2.42. The normalized spacial score (nSPS) is 13.9. The molecule has 0 aliphatic carbocycles. The van der Waals surface area contributed by atoms with Gasteiger partial charge in [-0.3, -0.25) is 0 Å². The first-order valence-electron chi connectivity index (χ1n) is 14.7. The Morgan fingerprint density at radius 1 is 0.600 bits per heavy atom. The summed E-state index contributed by atoms with van der Waals surface area (Å²) in [5, 5.41) is 0. The van der Waals surface area contributed by atoms with E-state index in [2.05, 4.69) is 59.0 Å². The summed E-state index contributed by atoms with van der Waals surface area (Å²) < 4.78 is 36.8. The lowest BCUT2D eigenvalue weighted by atomic mass is 10.3. The van der Waals surface area contributed by atoms with Crippen LogP contribution < -0.4 is 0 Å². The molecule has 0 N–H and O–H groups in total. The maximum atomic E-state index is 11.6. The van der Waals surface area contributed by atoms with Crippen molar-refractivity contribution in [2.45, 2.75) is 117 Å². The number of carbonyl (C=O) groups excluding carboxylic acids is 2. The van der Waals surface area contributed by atoms with Crippen molar-refractivity contribution in [2.24, 2.45) is 0 Å². The molecule has 0 bridgehead atoms. The number of carbonyl (C=O) groups is 2. The molecule has 0 aromatic heterocycles. The van der Waals surface area contributed by atoms with Crippen LogP contribution >= 0.6 is 0 Å². The molecule has 8 nitrogen and oxygen atoms in total. The minimum atomic E-state index is -2.56. The Morgan fingerprint density at radius 2 is 1.05 bits per heavy atom. The Kier molecular flexibility index (Phi) is 18.2. The zero-order valence-electron chi connectivity index (χ0n) is 27.2. The summed E-state index contributed by atoms with van der Waals surface area (Å²) in [6, 6.07) is 2.79. The number of unbranched alkanes of at least 4 members (excludes halogenated alkanes) is 2. The van der Waals surface area contributed by atoms with Crippen molar-refractivity contribution < 1.29 is 36.1 Å². The van der Waals surface area contributed by atoms with Crippen molar-refractivity contribution in [3.8, 4) is 0 Å². The third kappa shape index (κ3) is 19.3. The highest BCUT2D eigenvalue weighted by Crippen LogP contribution is 2.31. The average molecular weight is 635 g/mol. The summed E-state index contributed by atoms with van der Waals surface area (Å²) in [6.07, 6.45) is 4.38. The molecule has 12 heteroatoms. The van der Waals surface area contributed by atoms with Gasteiger partial charge in [0.25, 0.3) is 0 Å². The molecule has 0 saturated carbocycles. The van der Waals surface area contributed by atoms with Gasteiger partial charge in [-0.2, -0.15) is 0 Å². The number of esters is 2. The molecule has 1 atom stereocenters. The van der Waals surface area contributed by atoms with E-state index in [4.69, 9.17) is 26.6 Å². The second kappa shape index (κ2) is 18.6. The fourth-order valence-corrected chi connectivity index (χ4v) is 24.4. The van der Waals surface area contributed by atoms with Crippen molar-refractivity contribution in [3.05, 3.63) is 24.3 Å². The van der Waals surface area contributed by atoms with Gasteiger partial charge < -0.3 is 26.6 Å². The van der Waals surface area contributed by atoms with Gasteiger partial charge in [0.15, 0.2) is 16.6 Å². The molecule has 0 aliphatic heterocycles. The van der Waals surface area contributed by atoms with Gasteiger partial charge in [0, 0.05) is 24.4 Å². The zero-order valence-corrected chi connectivity index (χ0v) is 31.2. The number of rotatable bonds is 23. The predicted octanol–water partition coefficient (Wildman–Crippen LogP) is 7.45. The van der Waals surface area contributed by atoms with Crippen molar-refractivity contribution in [2.75, 3.05) is 26.4 Å². The van der Waals surface area contributed by atoms with Gasteiger partial charge in [-0.05, 0) is 104 Å². The molecule has 0 aromatic carbocycles. The van der Waals surface area contributed by atoms with Crippen LogP contribution in [0, 0.1) is 0 Å². The van der Waals surface area contributed by atoms with E-state index in [0.717, 1.165) is 50.2 Å². The standard InChI is InChI=1S/C28H58O8Si4/c1-13-31-19-18-24-40(12,35-38(8,9)23-17-15-21-33-28(30)26(4)5)36-39(10,11)34-37(6,7)22-16-14-20-32-27(29)25(2)3/h2,4,13-24H2,1,3,5-12H3.